The van der Waals surface area contributed by atoms with E-state index in [1.165, 1.54) is 26.1 Å². The molecule has 0 saturated heterocycles. The van der Waals surface area contributed by atoms with Crippen molar-refractivity contribution in [2.45, 2.75) is 20.1 Å². The molecule has 0 saturated carbocycles. The number of fused-ring (bicyclic) bond motifs is 1. The third-order valence-corrected chi connectivity index (χ3v) is 3.87. The molecular formula is C13H17NOS. The van der Waals surface area contributed by atoms with Crippen LogP contribution in [-0.4, -0.2) is 14.2 Å². The highest BCUT2D eigenvalue weighted by molar-refractivity contribution is 7.19. The molecule has 2 rings (SSSR count). The van der Waals surface area contributed by atoms with Crippen LogP contribution in [0.2, 0.25) is 0 Å². The lowest BCUT2D eigenvalue weighted by Gasteiger charge is -2.03. The van der Waals surface area contributed by atoms with Crippen LogP contribution >= 0.6 is 11.3 Å². The molecule has 2 aromatic rings. The Labute approximate surface area is 100 Å². The highest BCUT2D eigenvalue weighted by Gasteiger charge is 2.11. The molecule has 0 aliphatic carbocycles. The molecule has 3 heteroatoms. The maximum Gasteiger partial charge on any atom is 0.0730 e. The third-order valence-electron chi connectivity index (χ3n) is 2.66. The Bertz CT molecular complexity index is 490. The molecule has 0 amide bonds. The average molecular weight is 235 g/mol. The minimum atomic E-state index is 0.695. The highest BCUT2D eigenvalue weighted by atomic mass is 32.1. The van der Waals surface area contributed by atoms with Gasteiger partial charge in [0.15, 0.2) is 0 Å². The Morgan fingerprint density at radius 2 is 2.19 bits per heavy atom. The first-order valence-corrected chi connectivity index (χ1v) is 6.22. The molecule has 2 nitrogen and oxygen atoms in total. The van der Waals surface area contributed by atoms with Crippen molar-refractivity contribution in [3.8, 4) is 0 Å². The maximum atomic E-state index is 5.30. The van der Waals surface area contributed by atoms with Gasteiger partial charge in [-0.05, 0) is 25.4 Å². The van der Waals surface area contributed by atoms with E-state index >= 15 is 0 Å². The van der Waals surface area contributed by atoms with Gasteiger partial charge in [-0.25, -0.2) is 0 Å². The summed E-state index contributed by atoms with van der Waals surface area (Å²) in [4.78, 5) is 1.38. The lowest BCUT2D eigenvalue weighted by atomic mass is 10.1. The predicted octanol–water partition coefficient (Wildman–Crippen LogP) is 3.08. The van der Waals surface area contributed by atoms with Crippen LogP contribution in [-0.2, 0) is 17.9 Å². The number of ether oxygens (including phenoxy) is 1. The Morgan fingerprint density at radius 1 is 1.38 bits per heavy atom. The zero-order valence-corrected chi connectivity index (χ0v) is 10.8. The summed E-state index contributed by atoms with van der Waals surface area (Å²) in [6, 6.07) is 6.62. The van der Waals surface area contributed by atoms with Gasteiger partial charge in [-0.15, -0.1) is 11.3 Å². The number of rotatable bonds is 4. The van der Waals surface area contributed by atoms with Gasteiger partial charge in [0.2, 0.25) is 0 Å². The van der Waals surface area contributed by atoms with E-state index in [-0.39, 0.29) is 0 Å². The van der Waals surface area contributed by atoms with E-state index in [9.17, 15) is 0 Å². The molecule has 0 atom stereocenters. The van der Waals surface area contributed by atoms with E-state index in [0.29, 0.717) is 6.61 Å². The fraction of sp³-hybridized carbons (Fsp3) is 0.385. The van der Waals surface area contributed by atoms with Crippen molar-refractivity contribution < 1.29 is 4.74 Å². The summed E-state index contributed by atoms with van der Waals surface area (Å²) in [5.74, 6) is 0. The standard InChI is InChI=1S/C13H17NOS/c1-9-4-5-12-10(6-9)11(8-15-3)13(16-12)7-14-2/h4-6,14H,7-8H2,1-3H3. The predicted molar refractivity (Wildman–Crippen MR) is 70.0 cm³/mol. The van der Waals surface area contributed by atoms with Gasteiger partial charge in [-0.1, -0.05) is 17.7 Å². The Balaban J connectivity index is 2.57. The minimum Gasteiger partial charge on any atom is -0.380 e. The molecule has 0 fully saturated rings. The van der Waals surface area contributed by atoms with Crippen LogP contribution in [0.1, 0.15) is 16.0 Å². The Morgan fingerprint density at radius 3 is 2.88 bits per heavy atom. The average Bonchev–Trinajstić information content (AvgIpc) is 2.58. The topological polar surface area (TPSA) is 21.3 Å². The van der Waals surface area contributed by atoms with Crippen LogP contribution in [0.25, 0.3) is 10.1 Å². The number of aryl methyl sites for hydroxylation is 1. The first kappa shape index (κ1) is 11.6. The summed E-state index contributed by atoms with van der Waals surface area (Å²) in [5.41, 5.74) is 2.64. The fourth-order valence-electron chi connectivity index (χ4n) is 1.92. The summed E-state index contributed by atoms with van der Waals surface area (Å²) in [5, 5.41) is 4.56. The Kier molecular flexibility index (Phi) is 3.59. The van der Waals surface area contributed by atoms with Gasteiger partial charge in [0.1, 0.15) is 0 Å². The monoisotopic (exact) mass is 235 g/mol. The second kappa shape index (κ2) is 4.95. The molecule has 0 aliphatic rings. The molecule has 0 radical (unpaired) electrons. The van der Waals surface area contributed by atoms with Crippen LogP contribution in [0.3, 0.4) is 0 Å². The number of thiophene rings is 1. The molecule has 0 aliphatic heterocycles. The smallest absolute Gasteiger partial charge is 0.0730 e. The highest BCUT2D eigenvalue weighted by Crippen LogP contribution is 2.32. The first-order valence-electron chi connectivity index (χ1n) is 5.40. The lowest BCUT2D eigenvalue weighted by Crippen LogP contribution is -2.05. The van der Waals surface area contributed by atoms with E-state index in [0.717, 1.165) is 6.54 Å². The van der Waals surface area contributed by atoms with Crippen LogP contribution in [0, 0.1) is 6.92 Å². The molecule has 0 bridgehead atoms. The number of hydrogen-bond donors (Lipinski definition) is 1. The lowest BCUT2D eigenvalue weighted by molar-refractivity contribution is 0.185. The maximum absolute atomic E-state index is 5.30. The first-order chi connectivity index (χ1) is 7.76. The van der Waals surface area contributed by atoms with Gasteiger partial charge in [0, 0.05) is 28.8 Å². The number of hydrogen-bond acceptors (Lipinski definition) is 3. The van der Waals surface area contributed by atoms with Gasteiger partial charge < -0.3 is 10.1 Å². The molecular weight excluding hydrogens is 218 g/mol. The van der Waals surface area contributed by atoms with Crippen LogP contribution in [0.15, 0.2) is 18.2 Å². The van der Waals surface area contributed by atoms with Crippen LogP contribution in [0.5, 0.6) is 0 Å². The summed E-state index contributed by atoms with van der Waals surface area (Å²) in [6.07, 6.45) is 0. The number of benzene rings is 1. The molecule has 86 valence electrons. The summed E-state index contributed by atoms with van der Waals surface area (Å²) in [6.45, 7) is 3.74. The zero-order valence-electron chi connectivity index (χ0n) is 9.96. The normalized spacial score (nSPS) is 11.2. The molecule has 1 heterocycles. The van der Waals surface area contributed by atoms with E-state index in [2.05, 4.69) is 30.4 Å². The van der Waals surface area contributed by atoms with Gasteiger partial charge in [-0.2, -0.15) is 0 Å². The van der Waals surface area contributed by atoms with Gasteiger partial charge >= 0.3 is 0 Å². The molecule has 1 aromatic heterocycles. The summed E-state index contributed by atoms with van der Waals surface area (Å²) in [7, 11) is 3.73. The van der Waals surface area contributed by atoms with Crippen LogP contribution in [0.4, 0.5) is 0 Å². The number of nitrogens with one attached hydrogen (secondary N) is 1. The van der Waals surface area contributed by atoms with E-state index in [1.54, 1.807) is 7.11 Å². The fourth-order valence-corrected chi connectivity index (χ4v) is 3.12. The van der Waals surface area contributed by atoms with Crippen molar-refractivity contribution in [2.24, 2.45) is 0 Å². The molecule has 0 unspecified atom stereocenters. The minimum absolute atomic E-state index is 0.695. The van der Waals surface area contributed by atoms with Gasteiger partial charge in [-0.3, -0.25) is 0 Å². The van der Waals surface area contributed by atoms with Gasteiger partial charge in [0.05, 0.1) is 6.61 Å². The molecule has 1 N–H and O–H groups in total. The second-order valence-electron chi connectivity index (χ2n) is 3.97. The zero-order chi connectivity index (χ0) is 11.5. The molecule has 0 spiro atoms. The van der Waals surface area contributed by atoms with Crippen molar-refractivity contribution in [2.75, 3.05) is 14.2 Å². The third kappa shape index (κ3) is 2.12. The van der Waals surface area contributed by atoms with Crippen molar-refractivity contribution in [1.82, 2.24) is 5.32 Å². The van der Waals surface area contributed by atoms with Crippen molar-refractivity contribution in [3.05, 3.63) is 34.2 Å². The number of methoxy groups -OCH3 is 1. The quantitative estimate of drug-likeness (QED) is 0.879. The van der Waals surface area contributed by atoms with Crippen LogP contribution < -0.4 is 5.32 Å². The Hall–Kier alpha value is -0.900. The summed E-state index contributed by atoms with van der Waals surface area (Å²) < 4.78 is 6.65. The van der Waals surface area contributed by atoms with Crippen molar-refractivity contribution in [3.63, 3.8) is 0 Å². The molecule has 1 aromatic carbocycles. The summed E-state index contributed by atoms with van der Waals surface area (Å²) >= 11 is 1.85. The van der Waals surface area contributed by atoms with E-state index in [1.807, 2.05) is 18.4 Å². The second-order valence-corrected chi connectivity index (χ2v) is 5.10. The van der Waals surface area contributed by atoms with Crippen molar-refractivity contribution in [1.29, 1.82) is 0 Å². The largest absolute Gasteiger partial charge is 0.380 e. The van der Waals surface area contributed by atoms with E-state index in [4.69, 9.17) is 4.74 Å². The SMILES string of the molecule is CNCc1sc2ccc(C)cc2c1COC. The van der Waals surface area contributed by atoms with E-state index < -0.39 is 0 Å². The molecule has 16 heavy (non-hydrogen) atoms. The van der Waals surface area contributed by atoms with Crippen molar-refractivity contribution >= 4 is 21.4 Å². The van der Waals surface area contributed by atoms with Gasteiger partial charge in [0.25, 0.3) is 0 Å².